The highest BCUT2D eigenvalue weighted by atomic mass is 16.5. The molecule has 0 fully saturated rings. The number of rotatable bonds is 6. The molecule has 1 heterocycles. The predicted octanol–water partition coefficient (Wildman–Crippen LogP) is 3.60. The van der Waals surface area contributed by atoms with E-state index in [1.54, 1.807) is 29.0 Å². The van der Waals surface area contributed by atoms with Gasteiger partial charge in [0.2, 0.25) is 0 Å². The molecule has 0 saturated carbocycles. The molecular weight excluding hydrogens is 328 g/mol. The highest BCUT2D eigenvalue weighted by Gasteiger charge is 2.09. The smallest absolute Gasteiger partial charge is 0.262 e. The van der Waals surface area contributed by atoms with Crippen LogP contribution in [0.3, 0.4) is 0 Å². The van der Waals surface area contributed by atoms with Gasteiger partial charge in [-0.3, -0.25) is 9.59 Å². The molecule has 3 aromatic rings. The first-order valence-corrected chi connectivity index (χ1v) is 8.76. The van der Waals surface area contributed by atoms with E-state index in [9.17, 15) is 9.59 Å². The number of amides is 1. The van der Waals surface area contributed by atoms with Gasteiger partial charge in [-0.1, -0.05) is 25.1 Å². The van der Waals surface area contributed by atoms with Crippen LogP contribution in [-0.2, 0) is 17.8 Å². The Balaban J connectivity index is 1.71. The number of carbonyl (C=O) groups excluding carboxylic acids is 1. The highest BCUT2D eigenvalue weighted by molar-refractivity contribution is 5.92. The first-order valence-electron chi connectivity index (χ1n) is 8.76. The second-order valence-corrected chi connectivity index (χ2v) is 6.01. The standard InChI is InChI=1S/C21H22N2O3/c1-3-15-8-10-16(11-9-15)22-20(24)14-26-19-7-5-6-18-17(19)12-13-23(4-2)21(18)25/h5-13H,3-4,14H2,1-2H3,(H,22,24). The maximum absolute atomic E-state index is 12.4. The van der Waals surface area contributed by atoms with E-state index < -0.39 is 0 Å². The molecule has 0 unspecified atom stereocenters. The van der Waals surface area contributed by atoms with Crippen LogP contribution >= 0.6 is 0 Å². The Morgan fingerprint density at radius 3 is 2.50 bits per heavy atom. The van der Waals surface area contributed by atoms with Gasteiger partial charge in [-0.25, -0.2) is 0 Å². The van der Waals surface area contributed by atoms with Crippen molar-refractivity contribution in [3.63, 3.8) is 0 Å². The van der Waals surface area contributed by atoms with Crippen molar-refractivity contribution in [2.75, 3.05) is 11.9 Å². The number of hydrogen-bond acceptors (Lipinski definition) is 3. The first kappa shape index (κ1) is 17.7. The number of benzene rings is 2. The first-order chi connectivity index (χ1) is 12.6. The molecule has 0 atom stereocenters. The molecule has 0 aliphatic carbocycles. The van der Waals surface area contributed by atoms with Crippen LogP contribution in [0.5, 0.6) is 5.75 Å². The van der Waals surface area contributed by atoms with Crippen molar-refractivity contribution in [3.05, 3.63) is 70.6 Å². The second-order valence-electron chi connectivity index (χ2n) is 6.01. The summed E-state index contributed by atoms with van der Waals surface area (Å²) in [5.74, 6) is 0.285. The summed E-state index contributed by atoms with van der Waals surface area (Å²) in [4.78, 5) is 24.5. The maximum atomic E-state index is 12.4. The minimum atomic E-state index is -0.242. The summed E-state index contributed by atoms with van der Waals surface area (Å²) in [6.07, 6.45) is 2.70. The van der Waals surface area contributed by atoms with Gasteiger partial charge < -0.3 is 14.6 Å². The Morgan fingerprint density at radius 1 is 1.04 bits per heavy atom. The monoisotopic (exact) mass is 350 g/mol. The van der Waals surface area contributed by atoms with E-state index in [0.717, 1.165) is 12.1 Å². The fraction of sp³-hybridized carbons (Fsp3) is 0.238. The van der Waals surface area contributed by atoms with Crippen molar-refractivity contribution in [2.45, 2.75) is 26.8 Å². The summed E-state index contributed by atoms with van der Waals surface area (Å²) in [5, 5.41) is 4.11. The van der Waals surface area contributed by atoms with Gasteiger partial charge in [0.1, 0.15) is 5.75 Å². The molecule has 0 aliphatic heterocycles. The fourth-order valence-electron chi connectivity index (χ4n) is 2.83. The van der Waals surface area contributed by atoms with Crippen LogP contribution in [0.25, 0.3) is 10.8 Å². The van der Waals surface area contributed by atoms with Crippen molar-refractivity contribution in [1.29, 1.82) is 0 Å². The predicted molar refractivity (Wildman–Crippen MR) is 104 cm³/mol. The zero-order valence-corrected chi connectivity index (χ0v) is 15.0. The summed E-state index contributed by atoms with van der Waals surface area (Å²) >= 11 is 0. The Hall–Kier alpha value is -3.08. The number of nitrogens with one attached hydrogen (secondary N) is 1. The van der Waals surface area contributed by atoms with E-state index in [1.165, 1.54) is 5.56 Å². The average Bonchev–Trinajstić information content (AvgIpc) is 2.67. The van der Waals surface area contributed by atoms with Gasteiger partial charge in [-0.15, -0.1) is 0 Å². The third kappa shape index (κ3) is 3.77. The molecule has 3 rings (SSSR count). The topological polar surface area (TPSA) is 60.3 Å². The second kappa shape index (κ2) is 7.87. The summed E-state index contributed by atoms with van der Waals surface area (Å²) in [6, 6.07) is 14.9. The molecule has 1 aromatic heterocycles. The molecule has 26 heavy (non-hydrogen) atoms. The average molecular weight is 350 g/mol. The van der Waals surface area contributed by atoms with E-state index in [-0.39, 0.29) is 18.1 Å². The number of anilines is 1. The Kier molecular flexibility index (Phi) is 5.37. The third-order valence-electron chi connectivity index (χ3n) is 4.32. The normalized spacial score (nSPS) is 10.7. The lowest BCUT2D eigenvalue weighted by molar-refractivity contribution is -0.118. The van der Waals surface area contributed by atoms with Gasteiger partial charge in [-0.2, -0.15) is 0 Å². The molecular formula is C21H22N2O3. The van der Waals surface area contributed by atoms with Crippen LogP contribution in [0.15, 0.2) is 59.5 Å². The Labute approximate surface area is 152 Å². The van der Waals surface area contributed by atoms with E-state index in [0.29, 0.717) is 23.1 Å². The summed E-state index contributed by atoms with van der Waals surface area (Å²) in [6.45, 7) is 4.50. The van der Waals surface area contributed by atoms with Gasteiger partial charge in [0, 0.05) is 23.8 Å². The number of aryl methyl sites for hydroxylation is 2. The zero-order chi connectivity index (χ0) is 18.5. The van der Waals surface area contributed by atoms with Gasteiger partial charge >= 0.3 is 0 Å². The van der Waals surface area contributed by atoms with Crippen LogP contribution in [0.4, 0.5) is 5.69 Å². The number of fused-ring (bicyclic) bond motifs is 1. The lowest BCUT2D eigenvalue weighted by atomic mass is 10.1. The summed E-state index contributed by atoms with van der Waals surface area (Å²) < 4.78 is 7.30. The van der Waals surface area contributed by atoms with E-state index in [1.807, 2.05) is 37.3 Å². The molecule has 0 spiro atoms. The van der Waals surface area contributed by atoms with Gasteiger partial charge in [-0.05, 0) is 49.2 Å². The van der Waals surface area contributed by atoms with Crippen molar-refractivity contribution >= 4 is 22.4 Å². The molecule has 0 aliphatic rings. The van der Waals surface area contributed by atoms with Crippen LogP contribution in [-0.4, -0.2) is 17.1 Å². The lowest BCUT2D eigenvalue weighted by Gasteiger charge is -2.11. The molecule has 2 aromatic carbocycles. The van der Waals surface area contributed by atoms with Crippen LogP contribution in [0.1, 0.15) is 19.4 Å². The van der Waals surface area contributed by atoms with Crippen LogP contribution < -0.4 is 15.6 Å². The zero-order valence-electron chi connectivity index (χ0n) is 15.0. The molecule has 134 valence electrons. The van der Waals surface area contributed by atoms with E-state index in [4.69, 9.17) is 4.74 Å². The van der Waals surface area contributed by atoms with Crippen LogP contribution in [0, 0.1) is 0 Å². The molecule has 0 saturated heterocycles. The molecule has 0 radical (unpaired) electrons. The minimum absolute atomic E-state index is 0.0593. The number of nitrogens with zero attached hydrogens (tertiary/aromatic N) is 1. The SMILES string of the molecule is CCc1ccc(NC(=O)COc2cccc3c(=O)n(CC)ccc23)cc1. The van der Waals surface area contributed by atoms with E-state index >= 15 is 0 Å². The molecule has 1 amide bonds. The third-order valence-corrected chi connectivity index (χ3v) is 4.32. The minimum Gasteiger partial charge on any atom is -0.483 e. The summed E-state index contributed by atoms with van der Waals surface area (Å²) in [7, 11) is 0. The van der Waals surface area contributed by atoms with Crippen LogP contribution in [0.2, 0.25) is 0 Å². The number of carbonyl (C=O) groups is 1. The molecule has 5 heteroatoms. The molecule has 5 nitrogen and oxygen atoms in total. The summed E-state index contributed by atoms with van der Waals surface area (Å²) in [5.41, 5.74) is 1.89. The van der Waals surface area contributed by atoms with Gasteiger partial charge in [0.15, 0.2) is 6.61 Å². The van der Waals surface area contributed by atoms with E-state index in [2.05, 4.69) is 12.2 Å². The lowest BCUT2D eigenvalue weighted by Crippen LogP contribution is -2.21. The number of aromatic nitrogens is 1. The van der Waals surface area contributed by atoms with Crippen molar-refractivity contribution < 1.29 is 9.53 Å². The maximum Gasteiger partial charge on any atom is 0.262 e. The van der Waals surface area contributed by atoms with Gasteiger partial charge in [0.05, 0.1) is 5.39 Å². The van der Waals surface area contributed by atoms with Crippen molar-refractivity contribution in [3.8, 4) is 5.75 Å². The number of pyridine rings is 1. The van der Waals surface area contributed by atoms with Gasteiger partial charge in [0.25, 0.3) is 11.5 Å². The van der Waals surface area contributed by atoms with Crippen molar-refractivity contribution in [2.24, 2.45) is 0 Å². The largest absolute Gasteiger partial charge is 0.483 e. The molecule has 0 bridgehead atoms. The van der Waals surface area contributed by atoms with Crippen molar-refractivity contribution in [1.82, 2.24) is 4.57 Å². The fourth-order valence-corrected chi connectivity index (χ4v) is 2.83. The number of ether oxygens (including phenoxy) is 1. The highest BCUT2D eigenvalue weighted by Crippen LogP contribution is 2.23. The quantitative estimate of drug-likeness (QED) is 0.739. The Bertz CT molecular complexity index is 975. The molecule has 1 N–H and O–H groups in total. The Morgan fingerprint density at radius 2 is 1.81 bits per heavy atom. The number of hydrogen-bond donors (Lipinski definition) is 1.